The van der Waals surface area contributed by atoms with Crippen molar-refractivity contribution in [3.8, 4) is 0 Å². The smallest absolute Gasteiger partial charge is 0.252 e. The van der Waals surface area contributed by atoms with E-state index in [2.05, 4.69) is 28.2 Å². The number of carbonyl (C=O) groups is 1. The van der Waals surface area contributed by atoms with Crippen LogP contribution in [0.1, 0.15) is 52.4 Å². The molecule has 1 unspecified atom stereocenters. The zero-order chi connectivity index (χ0) is 18.4. The van der Waals surface area contributed by atoms with Crippen LogP contribution in [0.2, 0.25) is 0 Å². The number of nitrogens with zero attached hydrogens (tertiary/aromatic N) is 1. The first-order valence-corrected chi connectivity index (χ1v) is 12.0. The molecular weight excluding hydrogens is 424 g/mol. The fourth-order valence-corrected chi connectivity index (χ4v) is 6.69. The predicted octanol–water partition coefficient (Wildman–Crippen LogP) is 4.00. The maximum Gasteiger partial charge on any atom is 0.252 e. The molecular formula is C17H27BrN2O3S2. The molecule has 1 atom stereocenters. The largest absolute Gasteiger partial charge is 0.353 e. The molecule has 1 aliphatic rings. The number of hydrogen-bond donors (Lipinski definition) is 1. The van der Waals surface area contributed by atoms with Crippen molar-refractivity contribution in [1.29, 1.82) is 0 Å². The predicted molar refractivity (Wildman–Crippen MR) is 105 cm³/mol. The zero-order valence-corrected chi connectivity index (χ0v) is 18.1. The topological polar surface area (TPSA) is 66.5 Å². The lowest BCUT2D eigenvalue weighted by molar-refractivity contribution is -0.126. The number of unbranched alkanes of at least 4 members (excludes halogenated alkanes) is 2. The average molecular weight is 451 g/mol. The SMILES string of the molecule is CCCCCC(C)NC(=O)C1CCN(S(=O)(=O)c2ccc(Br)s2)CC1. The average Bonchev–Trinajstić information content (AvgIpc) is 3.02. The second-order valence-electron chi connectivity index (χ2n) is 6.64. The van der Waals surface area contributed by atoms with Gasteiger partial charge in [-0.25, -0.2) is 8.42 Å². The van der Waals surface area contributed by atoms with Gasteiger partial charge in [0.1, 0.15) is 4.21 Å². The molecule has 0 radical (unpaired) electrons. The van der Waals surface area contributed by atoms with Crippen molar-refractivity contribution in [1.82, 2.24) is 9.62 Å². The van der Waals surface area contributed by atoms with Crippen LogP contribution in [0.5, 0.6) is 0 Å². The third-order valence-corrected chi connectivity index (χ3v) is 8.59. The molecule has 5 nitrogen and oxygen atoms in total. The van der Waals surface area contributed by atoms with E-state index in [0.717, 1.165) is 16.6 Å². The van der Waals surface area contributed by atoms with Gasteiger partial charge in [-0.3, -0.25) is 4.79 Å². The zero-order valence-electron chi connectivity index (χ0n) is 14.8. The Labute approximate surface area is 163 Å². The summed E-state index contributed by atoms with van der Waals surface area (Å²) in [4.78, 5) is 12.4. The van der Waals surface area contributed by atoms with Gasteiger partial charge in [0.2, 0.25) is 5.91 Å². The van der Waals surface area contributed by atoms with E-state index in [1.54, 1.807) is 12.1 Å². The molecule has 0 bridgehead atoms. The van der Waals surface area contributed by atoms with Crippen molar-refractivity contribution in [2.75, 3.05) is 13.1 Å². The van der Waals surface area contributed by atoms with E-state index in [-0.39, 0.29) is 17.9 Å². The number of sulfonamides is 1. The number of carbonyl (C=O) groups excluding carboxylic acids is 1. The molecule has 1 amide bonds. The first-order chi connectivity index (χ1) is 11.8. The Hall–Kier alpha value is -0.440. The normalized spacial score (nSPS) is 18.2. The van der Waals surface area contributed by atoms with E-state index in [0.29, 0.717) is 30.1 Å². The van der Waals surface area contributed by atoms with Crippen molar-refractivity contribution in [2.24, 2.45) is 5.92 Å². The summed E-state index contributed by atoms with van der Waals surface area (Å²) in [7, 11) is -3.44. The van der Waals surface area contributed by atoms with Crippen molar-refractivity contribution < 1.29 is 13.2 Å². The third-order valence-electron chi connectivity index (χ3n) is 4.60. The number of rotatable bonds is 8. The van der Waals surface area contributed by atoms with E-state index in [1.165, 1.54) is 28.5 Å². The van der Waals surface area contributed by atoms with Gasteiger partial charge >= 0.3 is 0 Å². The number of thiophene rings is 1. The van der Waals surface area contributed by atoms with Crippen LogP contribution >= 0.6 is 27.3 Å². The molecule has 0 aliphatic carbocycles. The second kappa shape index (κ2) is 9.48. The summed E-state index contributed by atoms with van der Waals surface area (Å²) in [5.74, 6) is -0.0185. The molecule has 0 spiro atoms. The van der Waals surface area contributed by atoms with Gasteiger partial charge in [-0.1, -0.05) is 26.2 Å². The van der Waals surface area contributed by atoms with Gasteiger partial charge in [0.05, 0.1) is 3.79 Å². The number of halogens is 1. The summed E-state index contributed by atoms with van der Waals surface area (Å²) in [5, 5.41) is 3.09. The minimum atomic E-state index is -3.44. The standard InChI is InChI=1S/C17H27BrN2O3S2/c1-3-4-5-6-13(2)19-17(21)14-9-11-20(12-10-14)25(22,23)16-8-7-15(18)24-16/h7-8,13-14H,3-6,9-12H2,1-2H3,(H,19,21). The van der Waals surface area contributed by atoms with Crippen LogP contribution in [0.4, 0.5) is 0 Å². The van der Waals surface area contributed by atoms with Crippen LogP contribution in [-0.4, -0.2) is 37.8 Å². The van der Waals surface area contributed by atoms with Crippen LogP contribution in [0, 0.1) is 5.92 Å². The van der Waals surface area contributed by atoms with E-state index in [9.17, 15) is 13.2 Å². The van der Waals surface area contributed by atoms with Crippen molar-refractivity contribution in [3.05, 3.63) is 15.9 Å². The molecule has 8 heteroatoms. The first-order valence-electron chi connectivity index (χ1n) is 8.90. The fourth-order valence-electron chi connectivity index (χ4n) is 3.06. The highest BCUT2D eigenvalue weighted by Crippen LogP contribution is 2.30. The third kappa shape index (κ3) is 5.77. The minimum Gasteiger partial charge on any atom is -0.353 e. The number of piperidine rings is 1. The fraction of sp³-hybridized carbons (Fsp3) is 0.706. The number of amides is 1. The molecule has 2 heterocycles. The number of nitrogens with one attached hydrogen (secondary N) is 1. The van der Waals surface area contributed by atoms with Gasteiger partial charge in [-0.05, 0) is 54.2 Å². The summed E-state index contributed by atoms with van der Waals surface area (Å²) in [5.41, 5.74) is 0. The number of hydrogen-bond acceptors (Lipinski definition) is 4. The van der Waals surface area contributed by atoms with Gasteiger partial charge in [0.15, 0.2) is 0 Å². The maximum absolute atomic E-state index is 12.6. The van der Waals surface area contributed by atoms with E-state index < -0.39 is 10.0 Å². The minimum absolute atomic E-state index is 0.0694. The van der Waals surface area contributed by atoms with Crippen molar-refractivity contribution in [3.63, 3.8) is 0 Å². The molecule has 1 saturated heterocycles. The highest BCUT2D eigenvalue weighted by atomic mass is 79.9. The van der Waals surface area contributed by atoms with Crippen LogP contribution in [0.3, 0.4) is 0 Å². The quantitative estimate of drug-likeness (QED) is 0.608. The monoisotopic (exact) mass is 450 g/mol. The Morgan fingerprint density at radius 1 is 1.36 bits per heavy atom. The first kappa shape index (κ1) is 20.9. The summed E-state index contributed by atoms with van der Waals surface area (Å²) >= 11 is 4.53. The molecule has 1 N–H and O–H groups in total. The molecule has 1 aromatic rings. The summed E-state index contributed by atoms with van der Waals surface area (Å²) in [6.07, 6.45) is 5.66. The van der Waals surface area contributed by atoms with Gasteiger partial charge in [0, 0.05) is 25.0 Å². The molecule has 1 aromatic heterocycles. The van der Waals surface area contributed by atoms with E-state index in [4.69, 9.17) is 0 Å². The summed E-state index contributed by atoms with van der Waals surface area (Å²) < 4.78 is 27.9. The Balaban J connectivity index is 1.83. The summed E-state index contributed by atoms with van der Waals surface area (Å²) in [6, 6.07) is 3.56. The second-order valence-corrected chi connectivity index (χ2v) is 11.3. The highest BCUT2D eigenvalue weighted by molar-refractivity contribution is 9.11. The van der Waals surface area contributed by atoms with Crippen LogP contribution in [0.25, 0.3) is 0 Å². The van der Waals surface area contributed by atoms with Gasteiger partial charge in [-0.2, -0.15) is 4.31 Å². The lowest BCUT2D eigenvalue weighted by atomic mass is 9.96. The highest BCUT2D eigenvalue weighted by Gasteiger charge is 2.33. The van der Waals surface area contributed by atoms with Gasteiger partial charge in [0.25, 0.3) is 10.0 Å². The van der Waals surface area contributed by atoms with Crippen molar-refractivity contribution in [2.45, 2.75) is 62.6 Å². The molecule has 1 aliphatic heterocycles. The Morgan fingerprint density at radius 2 is 2.04 bits per heavy atom. The van der Waals surface area contributed by atoms with Crippen LogP contribution < -0.4 is 5.32 Å². The Bertz CT molecular complexity index is 667. The van der Waals surface area contributed by atoms with Gasteiger partial charge < -0.3 is 5.32 Å². The Kier molecular flexibility index (Phi) is 7.91. The van der Waals surface area contributed by atoms with Crippen LogP contribution in [-0.2, 0) is 14.8 Å². The molecule has 1 fully saturated rings. The lowest BCUT2D eigenvalue weighted by Gasteiger charge is -2.30. The van der Waals surface area contributed by atoms with Crippen molar-refractivity contribution >= 4 is 43.2 Å². The molecule has 25 heavy (non-hydrogen) atoms. The van der Waals surface area contributed by atoms with E-state index >= 15 is 0 Å². The molecule has 0 saturated carbocycles. The van der Waals surface area contributed by atoms with Crippen LogP contribution in [0.15, 0.2) is 20.1 Å². The Morgan fingerprint density at radius 3 is 2.60 bits per heavy atom. The molecule has 0 aromatic carbocycles. The van der Waals surface area contributed by atoms with E-state index in [1.807, 2.05) is 6.92 Å². The molecule has 142 valence electrons. The van der Waals surface area contributed by atoms with Gasteiger partial charge in [-0.15, -0.1) is 11.3 Å². The summed E-state index contributed by atoms with van der Waals surface area (Å²) in [6.45, 7) is 5.02. The molecule has 2 rings (SSSR count). The lowest BCUT2D eigenvalue weighted by Crippen LogP contribution is -2.44. The maximum atomic E-state index is 12.6.